The van der Waals surface area contributed by atoms with E-state index in [1.165, 1.54) is 0 Å². The van der Waals surface area contributed by atoms with E-state index >= 15 is 0 Å². The molecule has 2 rings (SSSR count). The number of amides is 1. The third-order valence-electron chi connectivity index (χ3n) is 2.96. The van der Waals surface area contributed by atoms with Crippen LogP contribution in [0.1, 0.15) is 22.8 Å². The maximum atomic E-state index is 12.0. The Bertz CT molecular complexity index is 651. The zero-order valence-electron chi connectivity index (χ0n) is 12.1. The van der Waals surface area contributed by atoms with Crippen molar-refractivity contribution in [3.63, 3.8) is 0 Å². The molecule has 0 radical (unpaired) electrons. The molecule has 0 unspecified atom stereocenters. The topological polar surface area (TPSA) is 55.4 Å². The predicted molar refractivity (Wildman–Crippen MR) is 86.2 cm³/mol. The summed E-state index contributed by atoms with van der Waals surface area (Å²) in [5.41, 5.74) is 1.97. The van der Waals surface area contributed by atoms with Gasteiger partial charge in [-0.05, 0) is 48.9 Å². The Balaban J connectivity index is 1.94. The third kappa shape index (κ3) is 4.60. The molecule has 0 heterocycles. The van der Waals surface area contributed by atoms with Crippen molar-refractivity contribution in [3.8, 4) is 0 Å². The molecule has 2 aromatic rings. The van der Waals surface area contributed by atoms with E-state index in [1.807, 2.05) is 12.1 Å². The fourth-order valence-corrected chi connectivity index (χ4v) is 2.02. The normalized spacial score (nSPS) is 10.1. The predicted octanol–water partition coefficient (Wildman–Crippen LogP) is 3.70. The van der Waals surface area contributed by atoms with Crippen molar-refractivity contribution < 1.29 is 14.3 Å². The van der Waals surface area contributed by atoms with Gasteiger partial charge in [0.1, 0.15) is 0 Å². The molecule has 0 bridgehead atoms. The molecular formula is C17H16ClNO3. The number of rotatable bonds is 5. The van der Waals surface area contributed by atoms with Crippen LogP contribution in [0.2, 0.25) is 5.02 Å². The number of anilines is 1. The highest BCUT2D eigenvalue weighted by atomic mass is 35.5. The van der Waals surface area contributed by atoms with Crippen LogP contribution >= 0.6 is 11.6 Å². The van der Waals surface area contributed by atoms with Gasteiger partial charge in [-0.25, -0.2) is 4.79 Å². The molecule has 0 aromatic heterocycles. The summed E-state index contributed by atoms with van der Waals surface area (Å²) in [6, 6.07) is 13.7. The van der Waals surface area contributed by atoms with Crippen molar-refractivity contribution in [1.29, 1.82) is 0 Å². The summed E-state index contributed by atoms with van der Waals surface area (Å²) >= 11 is 5.80. The first-order chi connectivity index (χ1) is 10.6. The summed E-state index contributed by atoms with van der Waals surface area (Å²) in [5.74, 6) is -0.507. The van der Waals surface area contributed by atoms with Gasteiger partial charge in [0.15, 0.2) is 0 Å². The first-order valence-electron chi connectivity index (χ1n) is 6.90. The van der Waals surface area contributed by atoms with E-state index in [1.54, 1.807) is 43.3 Å². The number of benzene rings is 2. The van der Waals surface area contributed by atoms with Crippen LogP contribution in [0, 0.1) is 0 Å². The summed E-state index contributed by atoms with van der Waals surface area (Å²) in [5, 5.41) is 3.42. The van der Waals surface area contributed by atoms with Gasteiger partial charge in [-0.15, -0.1) is 0 Å². The summed E-state index contributed by atoms with van der Waals surface area (Å²) in [4.78, 5) is 23.5. The van der Waals surface area contributed by atoms with Gasteiger partial charge in [0.2, 0.25) is 5.91 Å². The number of carbonyl (C=O) groups is 2. The molecule has 114 valence electrons. The van der Waals surface area contributed by atoms with Gasteiger partial charge in [-0.2, -0.15) is 0 Å². The molecule has 0 saturated heterocycles. The summed E-state index contributed by atoms with van der Waals surface area (Å²) in [6.07, 6.45) is 0.261. The zero-order chi connectivity index (χ0) is 15.9. The summed E-state index contributed by atoms with van der Waals surface area (Å²) in [7, 11) is 0. The second-order valence-corrected chi connectivity index (χ2v) is 5.09. The van der Waals surface area contributed by atoms with Crippen LogP contribution in [0.15, 0.2) is 48.5 Å². The molecule has 0 aliphatic carbocycles. The number of halogens is 1. The molecule has 0 fully saturated rings. The Morgan fingerprint density at radius 1 is 1.05 bits per heavy atom. The van der Waals surface area contributed by atoms with E-state index in [-0.39, 0.29) is 18.3 Å². The number of esters is 1. The van der Waals surface area contributed by atoms with Gasteiger partial charge in [-0.1, -0.05) is 23.7 Å². The fourth-order valence-electron chi connectivity index (χ4n) is 1.90. The molecular weight excluding hydrogens is 302 g/mol. The maximum absolute atomic E-state index is 12.0. The van der Waals surface area contributed by atoms with Crippen LogP contribution in [0.5, 0.6) is 0 Å². The number of hydrogen-bond acceptors (Lipinski definition) is 3. The number of hydrogen-bond donors (Lipinski definition) is 1. The van der Waals surface area contributed by atoms with E-state index in [9.17, 15) is 9.59 Å². The van der Waals surface area contributed by atoms with Crippen molar-refractivity contribution in [2.45, 2.75) is 13.3 Å². The van der Waals surface area contributed by atoms with Gasteiger partial charge < -0.3 is 10.1 Å². The molecule has 0 aliphatic rings. The summed E-state index contributed by atoms with van der Waals surface area (Å²) < 4.78 is 4.90. The van der Waals surface area contributed by atoms with E-state index in [2.05, 4.69) is 5.32 Å². The Kier molecular flexibility index (Phi) is 5.55. The minimum absolute atomic E-state index is 0.133. The molecule has 1 amide bonds. The number of nitrogens with one attached hydrogen (secondary N) is 1. The molecule has 2 aromatic carbocycles. The van der Waals surface area contributed by atoms with E-state index in [0.29, 0.717) is 22.9 Å². The number of carbonyl (C=O) groups excluding carboxylic acids is 2. The van der Waals surface area contributed by atoms with Crippen molar-refractivity contribution >= 4 is 29.2 Å². The quantitative estimate of drug-likeness (QED) is 0.855. The Labute approximate surface area is 134 Å². The lowest BCUT2D eigenvalue weighted by atomic mass is 10.1. The Morgan fingerprint density at radius 2 is 1.68 bits per heavy atom. The lowest BCUT2D eigenvalue weighted by Gasteiger charge is -2.07. The molecule has 4 nitrogen and oxygen atoms in total. The molecule has 22 heavy (non-hydrogen) atoms. The first-order valence-corrected chi connectivity index (χ1v) is 7.27. The monoisotopic (exact) mass is 317 g/mol. The van der Waals surface area contributed by atoms with Gasteiger partial charge in [-0.3, -0.25) is 4.79 Å². The average Bonchev–Trinajstić information content (AvgIpc) is 2.50. The van der Waals surface area contributed by atoms with E-state index in [4.69, 9.17) is 16.3 Å². The van der Waals surface area contributed by atoms with E-state index < -0.39 is 0 Å². The second kappa shape index (κ2) is 7.61. The fraction of sp³-hybridized carbons (Fsp3) is 0.176. The van der Waals surface area contributed by atoms with Crippen molar-refractivity contribution in [1.82, 2.24) is 0 Å². The second-order valence-electron chi connectivity index (χ2n) is 4.65. The Morgan fingerprint density at radius 3 is 2.27 bits per heavy atom. The van der Waals surface area contributed by atoms with Crippen LogP contribution in [0.4, 0.5) is 5.69 Å². The van der Waals surface area contributed by atoms with Crippen molar-refractivity contribution in [3.05, 3.63) is 64.7 Å². The lowest BCUT2D eigenvalue weighted by molar-refractivity contribution is -0.115. The van der Waals surface area contributed by atoms with Crippen LogP contribution in [-0.4, -0.2) is 18.5 Å². The molecule has 0 atom stereocenters. The van der Waals surface area contributed by atoms with Gasteiger partial charge in [0.05, 0.1) is 18.6 Å². The van der Waals surface area contributed by atoms with E-state index in [0.717, 1.165) is 5.56 Å². The SMILES string of the molecule is CCOC(=O)c1ccc(NC(=O)Cc2ccc(Cl)cc2)cc1. The van der Waals surface area contributed by atoms with Crippen LogP contribution in [0.3, 0.4) is 0 Å². The van der Waals surface area contributed by atoms with Crippen molar-refractivity contribution in [2.75, 3.05) is 11.9 Å². The minimum Gasteiger partial charge on any atom is -0.462 e. The molecule has 5 heteroatoms. The van der Waals surface area contributed by atoms with Gasteiger partial charge >= 0.3 is 5.97 Å². The Hall–Kier alpha value is -2.33. The third-order valence-corrected chi connectivity index (χ3v) is 3.21. The molecule has 1 N–H and O–H groups in total. The minimum atomic E-state index is -0.374. The molecule has 0 aliphatic heterocycles. The van der Waals surface area contributed by atoms with Crippen molar-refractivity contribution in [2.24, 2.45) is 0 Å². The summed E-state index contributed by atoms with van der Waals surface area (Å²) in [6.45, 7) is 2.08. The zero-order valence-corrected chi connectivity index (χ0v) is 12.9. The lowest BCUT2D eigenvalue weighted by Crippen LogP contribution is -2.14. The molecule has 0 saturated carbocycles. The highest BCUT2D eigenvalue weighted by Crippen LogP contribution is 2.13. The average molecular weight is 318 g/mol. The van der Waals surface area contributed by atoms with Crippen LogP contribution < -0.4 is 5.32 Å². The first kappa shape index (κ1) is 16.0. The largest absolute Gasteiger partial charge is 0.462 e. The smallest absolute Gasteiger partial charge is 0.338 e. The highest BCUT2D eigenvalue weighted by Gasteiger charge is 2.07. The van der Waals surface area contributed by atoms with Gasteiger partial charge in [0.25, 0.3) is 0 Å². The van der Waals surface area contributed by atoms with Gasteiger partial charge in [0, 0.05) is 10.7 Å². The maximum Gasteiger partial charge on any atom is 0.338 e. The highest BCUT2D eigenvalue weighted by molar-refractivity contribution is 6.30. The molecule has 0 spiro atoms. The van der Waals surface area contributed by atoms with Crippen LogP contribution in [0.25, 0.3) is 0 Å². The van der Waals surface area contributed by atoms with Crippen LogP contribution in [-0.2, 0) is 16.0 Å². The standard InChI is InChI=1S/C17H16ClNO3/c1-2-22-17(21)13-5-9-15(10-6-13)19-16(20)11-12-3-7-14(18)8-4-12/h3-10H,2,11H2,1H3,(H,19,20). The number of ether oxygens (including phenoxy) is 1.